The van der Waals surface area contributed by atoms with Gasteiger partial charge in [0.2, 0.25) is 0 Å². The van der Waals surface area contributed by atoms with E-state index in [2.05, 4.69) is 42.6 Å². The molecule has 0 saturated carbocycles. The highest BCUT2D eigenvalue weighted by Crippen LogP contribution is 2.15. The van der Waals surface area contributed by atoms with Gasteiger partial charge in [-0.3, -0.25) is 0 Å². The van der Waals surface area contributed by atoms with Gasteiger partial charge in [-0.25, -0.2) is 0 Å². The van der Waals surface area contributed by atoms with Gasteiger partial charge in [0, 0.05) is 19.2 Å². The number of benzene rings is 1. The van der Waals surface area contributed by atoms with Gasteiger partial charge in [-0.1, -0.05) is 30.3 Å². The van der Waals surface area contributed by atoms with Gasteiger partial charge in [-0.05, 0) is 31.2 Å². The molecule has 1 heterocycles. The quantitative estimate of drug-likeness (QED) is 0.840. The zero-order valence-corrected chi connectivity index (χ0v) is 9.99. The minimum absolute atomic E-state index is 0.433. The molecule has 2 nitrogen and oxygen atoms in total. The van der Waals surface area contributed by atoms with Crippen molar-refractivity contribution in [2.24, 2.45) is 5.92 Å². The Morgan fingerprint density at radius 2 is 2.19 bits per heavy atom. The fraction of sp³-hybridized carbons (Fsp3) is 0.571. The molecule has 16 heavy (non-hydrogen) atoms. The van der Waals surface area contributed by atoms with Crippen LogP contribution < -0.4 is 5.32 Å². The molecule has 1 aliphatic heterocycles. The lowest BCUT2D eigenvalue weighted by Crippen LogP contribution is -2.30. The van der Waals surface area contributed by atoms with Gasteiger partial charge in [-0.15, -0.1) is 0 Å². The topological polar surface area (TPSA) is 21.3 Å². The molecular formula is C14H21NO. The summed E-state index contributed by atoms with van der Waals surface area (Å²) in [4.78, 5) is 0. The Morgan fingerprint density at radius 3 is 2.88 bits per heavy atom. The molecule has 2 atom stereocenters. The van der Waals surface area contributed by atoms with E-state index in [1.54, 1.807) is 0 Å². The van der Waals surface area contributed by atoms with Crippen LogP contribution >= 0.6 is 0 Å². The fourth-order valence-corrected chi connectivity index (χ4v) is 2.17. The van der Waals surface area contributed by atoms with Crippen LogP contribution in [-0.2, 0) is 4.74 Å². The first-order valence-electron chi connectivity index (χ1n) is 6.22. The van der Waals surface area contributed by atoms with Crippen molar-refractivity contribution >= 4 is 0 Å². The molecule has 0 spiro atoms. The normalized spacial score (nSPS) is 22.9. The number of rotatable bonds is 4. The van der Waals surface area contributed by atoms with Crippen molar-refractivity contribution in [1.29, 1.82) is 0 Å². The van der Waals surface area contributed by atoms with Gasteiger partial charge in [0.15, 0.2) is 0 Å². The molecule has 1 aromatic carbocycles. The third kappa shape index (κ3) is 3.32. The van der Waals surface area contributed by atoms with Gasteiger partial charge in [0.25, 0.3) is 0 Å². The summed E-state index contributed by atoms with van der Waals surface area (Å²) in [6.07, 6.45) is 2.51. The van der Waals surface area contributed by atoms with E-state index in [9.17, 15) is 0 Å². The molecule has 88 valence electrons. The highest BCUT2D eigenvalue weighted by atomic mass is 16.5. The Kier molecular flexibility index (Phi) is 4.37. The van der Waals surface area contributed by atoms with Crippen molar-refractivity contribution in [3.63, 3.8) is 0 Å². The van der Waals surface area contributed by atoms with Crippen LogP contribution in [0.15, 0.2) is 30.3 Å². The smallest absolute Gasteiger partial charge is 0.0506 e. The summed E-state index contributed by atoms with van der Waals surface area (Å²) in [5.41, 5.74) is 1.36. The summed E-state index contributed by atoms with van der Waals surface area (Å²) in [6.45, 7) is 5.16. The summed E-state index contributed by atoms with van der Waals surface area (Å²) < 4.78 is 5.48. The van der Waals surface area contributed by atoms with E-state index in [4.69, 9.17) is 4.74 Å². The molecule has 1 aliphatic rings. The number of hydrogen-bond acceptors (Lipinski definition) is 2. The fourth-order valence-electron chi connectivity index (χ4n) is 2.17. The van der Waals surface area contributed by atoms with Crippen molar-refractivity contribution in [2.45, 2.75) is 25.8 Å². The van der Waals surface area contributed by atoms with E-state index in [1.165, 1.54) is 18.4 Å². The Bertz CT molecular complexity index is 293. The van der Waals surface area contributed by atoms with Crippen molar-refractivity contribution in [2.75, 3.05) is 19.8 Å². The van der Waals surface area contributed by atoms with Crippen molar-refractivity contribution in [3.05, 3.63) is 35.9 Å². The minimum Gasteiger partial charge on any atom is -0.381 e. The number of ether oxygens (including phenoxy) is 1. The number of nitrogens with one attached hydrogen (secondary N) is 1. The third-order valence-electron chi connectivity index (χ3n) is 3.27. The maximum Gasteiger partial charge on any atom is 0.0506 e. The maximum absolute atomic E-state index is 5.48. The maximum atomic E-state index is 5.48. The van der Waals surface area contributed by atoms with Gasteiger partial charge in [0.1, 0.15) is 0 Å². The van der Waals surface area contributed by atoms with Crippen LogP contribution in [0, 0.1) is 5.92 Å². The largest absolute Gasteiger partial charge is 0.381 e. The molecule has 1 N–H and O–H groups in total. The second-order valence-corrected chi connectivity index (χ2v) is 4.62. The molecule has 1 saturated heterocycles. The first-order valence-corrected chi connectivity index (χ1v) is 6.22. The van der Waals surface area contributed by atoms with Gasteiger partial charge >= 0.3 is 0 Å². The standard InChI is InChI=1S/C14H21NO/c1-12(14-7-3-2-4-8-14)15-10-13-6-5-9-16-11-13/h2-4,7-8,12-13,15H,5-6,9-11H2,1H3/t12-,13?/m1/s1. The highest BCUT2D eigenvalue weighted by molar-refractivity contribution is 5.17. The van der Waals surface area contributed by atoms with E-state index in [0.29, 0.717) is 12.0 Å². The molecule has 0 radical (unpaired) electrons. The van der Waals surface area contributed by atoms with E-state index >= 15 is 0 Å². The molecule has 1 aromatic rings. The van der Waals surface area contributed by atoms with Crippen LogP contribution in [0.3, 0.4) is 0 Å². The monoisotopic (exact) mass is 219 g/mol. The summed E-state index contributed by atoms with van der Waals surface area (Å²) in [6, 6.07) is 11.0. The minimum atomic E-state index is 0.433. The van der Waals surface area contributed by atoms with Crippen LogP contribution in [0.5, 0.6) is 0 Å². The molecule has 2 heteroatoms. The van der Waals surface area contributed by atoms with Crippen molar-refractivity contribution in [1.82, 2.24) is 5.32 Å². The van der Waals surface area contributed by atoms with Gasteiger partial charge in [0.05, 0.1) is 6.61 Å². The van der Waals surface area contributed by atoms with Crippen molar-refractivity contribution < 1.29 is 4.74 Å². The Labute approximate surface area is 98.0 Å². The summed E-state index contributed by atoms with van der Waals surface area (Å²) in [7, 11) is 0. The predicted octanol–water partition coefficient (Wildman–Crippen LogP) is 2.76. The van der Waals surface area contributed by atoms with E-state index in [1.807, 2.05) is 0 Å². The zero-order valence-electron chi connectivity index (χ0n) is 9.99. The van der Waals surface area contributed by atoms with Crippen LogP contribution in [-0.4, -0.2) is 19.8 Å². The first-order chi connectivity index (χ1) is 7.86. The Balaban J connectivity index is 1.77. The van der Waals surface area contributed by atoms with E-state index in [0.717, 1.165) is 19.8 Å². The molecule has 0 amide bonds. The average Bonchev–Trinajstić information content (AvgIpc) is 2.38. The molecule has 1 fully saturated rings. The van der Waals surface area contributed by atoms with Crippen LogP contribution in [0.2, 0.25) is 0 Å². The second-order valence-electron chi connectivity index (χ2n) is 4.62. The van der Waals surface area contributed by atoms with Crippen molar-refractivity contribution in [3.8, 4) is 0 Å². The summed E-state index contributed by atoms with van der Waals surface area (Å²) >= 11 is 0. The summed E-state index contributed by atoms with van der Waals surface area (Å²) in [5.74, 6) is 0.694. The molecule has 0 aliphatic carbocycles. The van der Waals surface area contributed by atoms with E-state index < -0.39 is 0 Å². The summed E-state index contributed by atoms with van der Waals surface area (Å²) in [5, 5.41) is 3.59. The predicted molar refractivity (Wildman–Crippen MR) is 66.4 cm³/mol. The molecule has 0 aromatic heterocycles. The molecular weight excluding hydrogens is 198 g/mol. The van der Waals surface area contributed by atoms with Crippen LogP contribution in [0.25, 0.3) is 0 Å². The first kappa shape index (κ1) is 11.6. The van der Waals surface area contributed by atoms with Gasteiger partial charge < -0.3 is 10.1 Å². The van der Waals surface area contributed by atoms with Gasteiger partial charge in [-0.2, -0.15) is 0 Å². The average molecular weight is 219 g/mol. The Hall–Kier alpha value is -0.860. The second kappa shape index (κ2) is 6.02. The number of hydrogen-bond donors (Lipinski definition) is 1. The molecule has 0 bridgehead atoms. The van der Waals surface area contributed by atoms with E-state index in [-0.39, 0.29) is 0 Å². The highest BCUT2D eigenvalue weighted by Gasteiger charge is 2.14. The Morgan fingerprint density at radius 1 is 1.38 bits per heavy atom. The molecule has 2 rings (SSSR count). The zero-order chi connectivity index (χ0) is 11.2. The lowest BCUT2D eigenvalue weighted by atomic mass is 10.0. The van der Waals surface area contributed by atoms with Crippen LogP contribution in [0.1, 0.15) is 31.4 Å². The third-order valence-corrected chi connectivity index (χ3v) is 3.27. The lowest BCUT2D eigenvalue weighted by Gasteiger charge is -2.24. The lowest BCUT2D eigenvalue weighted by molar-refractivity contribution is 0.0540. The SMILES string of the molecule is C[C@@H](NCC1CCCOC1)c1ccccc1. The van der Waals surface area contributed by atoms with Crippen LogP contribution in [0.4, 0.5) is 0 Å². The molecule has 1 unspecified atom stereocenters.